The largest absolute Gasteiger partial charge is 0.472 e. The second-order valence-corrected chi connectivity index (χ2v) is 28.1. The highest BCUT2D eigenvalue weighted by Crippen LogP contribution is 2.43. The smallest absolute Gasteiger partial charge is 0.387 e. The molecule has 0 rings (SSSR count). The Balaban J connectivity index is 4.03. The van der Waals surface area contributed by atoms with E-state index in [-0.39, 0.29) is 19.1 Å². The maximum atomic E-state index is 13.1. The molecule has 3 N–H and O–H groups in total. The highest BCUT2D eigenvalue weighted by molar-refractivity contribution is 7.47. The molecule has 1 amide bonds. The zero-order chi connectivity index (χ0) is 62.6. The maximum Gasteiger partial charge on any atom is 0.472 e. The molecule has 504 valence electrons. The van der Waals surface area contributed by atoms with Crippen LogP contribution in [-0.2, 0) is 18.4 Å². The van der Waals surface area contributed by atoms with Crippen LogP contribution in [0.15, 0.2) is 72.9 Å². The van der Waals surface area contributed by atoms with Gasteiger partial charge in [0.2, 0.25) is 5.91 Å². The number of quaternary nitrogens is 1. The Morgan fingerprint density at radius 1 is 0.407 bits per heavy atom. The van der Waals surface area contributed by atoms with E-state index in [0.29, 0.717) is 17.4 Å². The number of nitrogens with zero attached hydrogens (tertiary/aromatic N) is 1. The zero-order valence-corrected chi connectivity index (χ0v) is 58.7. The second kappa shape index (κ2) is 67.3. The minimum atomic E-state index is -4.37. The van der Waals surface area contributed by atoms with Gasteiger partial charge in [0.05, 0.1) is 39.9 Å². The van der Waals surface area contributed by atoms with Crippen LogP contribution in [0, 0.1) is 0 Å². The average Bonchev–Trinajstić information content (AvgIpc) is 3.70. The minimum absolute atomic E-state index is 0.0564. The van der Waals surface area contributed by atoms with Gasteiger partial charge in [0.1, 0.15) is 13.2 Å². The molecule has 0 fully saturated rings. The number of carbonyl (C=O) groups is 1. The third-order valence-electron chi connectivity index (χ3n) is 16.9. The Morgan fingerprint density at radius 3 is 1.07 bits per heavy atom. The van der Waals surface area contributed by atoms with Crippen LogP contribution in [-0.4, -0.2) is 73.4 Å². The number of likely N-dealkylation sites (N-methyl/N-ethyl adjacent to an activating group) is 1. The van der Waals surface area contributed by atoms with Gasteiger partial charge in [0, 0.05) is 6.42 Å². The molecule has 0 saturated carbocycles. The van der Waals surface area contributed by atoms with Gasteiger partial charge >= 0.3 is 7.82 Å². The molecular weight excluding hydrogens is 1080 g/mol. The molecule has 0 heterocycles. The fourth-order valence-electron chi connectivity index (χ4n) is 11.2. The molecule has 0 aliphatic rings. The van der Waals surface area contributed by atoms with E-state index in [4.69, 9.17) is 9.05 Å². The first-order valence-electron chi connectivity index (χ1n) is 37.3. The number of hydrogen-bond donors (Lipinski definition) is 3. The van der Waals surface area contributed by atoms with Crippen molar-refractivity contribution in [3.8, 4) is 0 Å². The summed E-state index contributed by atoms with van der Waals surface area (Å²) in [5.74, 6) is -0.181. The molecule has 8 nitrogen and oxygen atoms in total. The third kappa shape index (κ3) is 69.4. The van der Waals surface area contributed by atoms with Gasteiger partial charge in [-0.3, -0.25) is 13.8 Å². The first-order chi connectivity index (χ1) is 42.0. The van der Waals surface area contributed by atoms with Crippen molar-refractivity contribution in [2.45, 2.75) is 373 Å². The summed E-state index contributed by atoms with van der Waals surface area (Å²) >= 11 is 0. The van der Waals surface area contributed by atoms with Gasteiger partial charge in [0.25, 0.3) is 0 Å². The number of aliphatic hydroxyl groups is 1. The summed E-state index contributed by atoms with van der Waals surface area (Å²) < 4.78 is 23.8. The van der Waals surface area contributed by atoms with Gasteiger partial charge in [-0.1, -0.05) is 356 Å². The summed E-state index contributed by atoms with van der Waals surface area (Å²) in [5, 5.41) is 14.0. The summed E-state index contributed by atoms with van der Waals surface area (Å²) in [6.45, 7) is 4.73. The lowest BCUT2D eigenvalue weighted by Crippen LogP contribution is -2.45. The number of amides is 1. The third-order valence-corrected chi connectivity index (χ3v) is 17.9. The number of phosphoric acid groups is 1. The number of carbonyl (C=O) groups excluding carboxylic acids is 1. The van der Waals surface area contributed by atoms with E-state index in [9.17, 15) is 19.4 Å². The minimum Gasteiger partial charge on any atom is -0.387 e. The van der Waals surface area contributed by atoms with Gasteiger partial charge in [-0.2, -0.15) is 0 Å². The standard InChI is InChI=1S/C77H145N2O6P/c1-6-8-10-12-14-16-18-20-22-24-26-28-30-32-34-36-37-38-39-40-41-43-45-47-49-51-53-55-57-59-61-63-65-67-69-71-77(81)78-75(74-85-86(82,83)84-73-72-79(3,4)5)76(80)70-68-66-64-62-60-58-56-54-52-50-48-46-44-42-35-33-31-29-27-25-23-21-19-17-15-13-11-9-7-2/h8,10,14,16,20,22,26,28,60,62,68,70,75-76,80H,6-7,9,11-13,15,17-19,21,23-25,27,29-59,61,63-67,69,71-74H2,1-5H3,(H-,78,81,82,83)/p+1/b10-8-,16-14-,22-20-,28-26-,62-60+,70-68+. The Labute approximate surface area is 535 Å². The molecule has 0 spiro atoms. The van der Waals surface area contributed by atoms with Crippen molar-refractivity contribution in [2.75, 3.05) is 40.9 Å². The fraction of sp³-hybridized carbons (Fsp3) is 0.831. The number of phosphoric ester groups is 1. The van der Waals surface area contributed by atoms with Crippen molar-refractivity contribution >= 4 is 13.7 Å². The molecule has 0 radical (unpaired) electrons. The van der Waals surface area contributed by atoms with E-state index in [1.165, 1.54) is 276 Å². The summed E-state index contributed by atoms with van der Waals surface area (Å²) in [6, 6.07) is -0.866. The number of aliphatic hydroxyl groups excluding tert-OH is 1. The molecule has 0 aromatic rings. The Kier molecular flexibility index (Phi) is 65.7. The van der Waals surface area contributed by atoms with Gasteiger partial charge in [-0.05, 0) is 70.6 Å². The molecule has 3 atom stereocenters. The maximum absolute atomic E-state index is 13.1. The molecule has 3 unspecified atom stereocenters. The van der Waals surface area contributed by atoms with Crippen LogP contribution in [0.2, 0.25) is 0 Å². The van der Waals surface area contributed by atoms with E-state index in [1.807, 2.05) is 27.2 Å². The van der Waals surface area contributed by atoms with Crippen LogP contribution >= 0.6 is 7.82 Å². The topological polar surface area (TPSA) is 105 Å². The van der Waals surface area contributed by atoms with E-state index in [2.05, 4.69) is 79.9 Å². The SMILES string of the molecule is CC/C=C\C/C=C\C/C=C\C/C=C\CCCCCCCCCCCCCCCCCCCCCCCCC(=O)NC(COP(=O)(O)OCC[N+](C)(C)C)C(O)/C=C/CC/C=C/CCCCCCCCCCCCCCCCCCCCCCCCC. The van der Waals surface area contributed by atoms with E-state index >= 15 is 0 Å². The van der Waals surface area contributed by atoms with Gasteiger partial charge in [-0.25, -0.2) is 4.57 Å². The van der Waals surface area contributed by atoms with Gasteiger partial charge in [0.15, 0.2) is 0 Å². The lowest BCUT2D eigenvalue weighted by molar-refractivity contribution is -0.870. The predicted molar refractivity (Wildman–Crippen MR) is 378 cm³/mol. The van der Waals surface area contributed by atoms with Crippen molar-refractivity contribution < 1.29 is 32.9 Å². The van der Waals surface area contributed by atoms with Gasteiger partial charge in [-0.15, -0.1) is 0 Å². The number of nitrogens with one attached hydrogen (secondary N) is 1. The molecule has 0 aliphatic heterocycles. The number of hydrogen-bond acceptors (Lipinski definition) is 5. The Hall–Kier alpha value is -2.06. The quantitative estimate of drug-likeness (QED) is 0.0243. The lowest BCUT2D eigenvalue weighted by atomic mass is 10.0. The van der Waals surface area contributed by atoms with Crippen molar-refractivity contribution in [3.63, 3.8) is 0 Å². The summed E-state index contributed by atoms with van der Waals surface area (Å²) in [6.07, 6.45) is 95.1. The van der Waals surface area contributed by atoms with Crippen LogP contribution in [0.3, 0.4) is 0 Å². The predicted octanol–water partition coefficient (Wildman–Crippen LogP) is 24.1. The van der Waals surface area contributed by atoms with Crippen LogP contribution in [0.25, 0.3) is 0 Å². The molecule has 0 saturated heterocycles. The highest BCUT2D eigenvalue weighted by Gasteiger charge is 2.28. The average molecular weight is 1230 g/mol. The first-order valence-corrected chi connectivity index (χ1v) is 38.8. The number of rotatable bonds is 69. The zero-order valence-electron chi connectivity index (χ0n) is 57.8. The van der Waals surface area contributed by atoms with Crippen LogP contribution in [0.1, 0.15) is 361 Å². The van der Waals surface area contributed by atoms with E-state index in [1.54, 1.807) is 6.08 Å². The normalized spacial score (nSPS) is 14.0. The Bertz CT molecular complexity index is 1630. The van der Waals surface area contributed by atoms with Crippen LogP contribution in [0.5, 0.6) is 0 Å². The molecule has 0 aliphatic carbocycles. The fourth-order valence-corrected chi connectivity index (χ4v) is 11.9. The second-order valence-electron chi connectivity index (χ2n) is 26.6. The van der Waals surface area contributed by atoms with Crippen LogP contribution in [0.4, 0.5) is 0 Å². The Morgan fingerprint density at radius 2 is 0.709 bits per heavy atom. The summed E-state index contributed by atoms with van der Waals surface area (Å²) in [4.78, 5) is 23.5. The highest BCUT2D eigenvalue weighted by atomic mass is 31.2. The molecule has 0 bridgehead atoms. The number of unbranched alkanes of at least 4 members (excludes halogenated alkanes) is 46. The number of allylic oxidation sites excluding steroid dienone is 11. The summed E-state index contributed by atoms with van der Waals surface area (Å²) in [7, 11) is 1.57. The molecule has 0 aromatic carbocycles. The van der Waals surface area contributed by atoms with E-state index in [0.717, 1.165) is 64.2 Å². The van der Waals surface area contributed by atoms with Crippen molar-refractivity contribution in [1.29, 1.82) is 0 Å². The van der Waals surface area contributed by atoms with Crippen molar-refractivity contribution in [1.82, 2.24) is 5.32 Å². The van der Waals surface area contributed by atoms with Crippen molar-refractivity contribution in [3.05, 3.63) is 72.9 Å². The first kappa shape index (κ1) is 83.9. The summed E-state index contributed by atoms with van der Waals surface area (Å²) in [5.41, 5.74) is 0. The van der Waals surface area contributed by atoms with Crippen molar-refractivity contribution in [2.24, 2.45) is 0 Å². The molecule has 9 heteroatoms. The lowest BCUT2D eigenvalue weighted by Gasteiger charge is -2.25. The van der Waals surface area contributed by atoms with Gasteiger partial charge < -0.3 is 19.8 Å². The molecule has 86 heavy (non-hydrogen) atoms. The monoisotopic (exact) mass is 1230 g/mol. The van der Waals surface area contributed by atoms with E-state index < -0.39 is 20.0 Å². The molecular formula is C77H146N2O6P+. The molecule has 0 aromatic heterocycles. The van der Waals surface area contributed by atoms with Crippen LogP contribution < -0.4 is 5.32 Å².